The smallest absolute Gasteiger partial charge is 0.00205 e. The summed E-state index contributed by atoms with van der Waals surface area (Å²) in [5.74, 6) is 1.98. The van der Waals surface area contributed by atoms with E-state index in [0.717, 1.165) is 11.8 Å². The molecule has 1 heteroatoms. The predicted molar refractivity (Wildman–Crippen MR) is 49.7 cm³/mol. The molecular weight excluding hydrogens is 134 g/mol. The van der Waals surface area contributed by atoms with Gasteiger partial charge < -0.3 is 5.32 Å². The van der Waals surface area contributed by atoms with E-state index in [2.05, 4.69) is 19.2 Å². The Bertz CT molecular complexity index is 97.0. The van der Waals surface area contributed by atoms with Gasteiger partial charge >= 0.3 is 0 Å². The topological polar surface area (TPSA) is 12.0 Å². The Balaban J connectivity index is 1.85. The normalized spacial score (nSPS) is 20.2. The second kappa shape index (κ2) is 4.76. The summed E-state index contributed by atoms with van der Waals surface area (Å²) in [7, 11) is 0. The van der Waals surface area contributed by atoms with Crippen molar-refractivity contribution in [3.8, 4) is 0 Å². The summed E-state index contributed by atoms with van der Waals surface area (Å²) in [6.07, 6.45) is 5.61. The van der Waals surface area contributed by atoms with Crippen LogP contribution in [0, 0.1) is 11.8 Å². The lowest BCUT2D eigenvalue weighted by atomic mass is 10.1. The molecule has 1 aliphatic rings. The van der Waals surface area contributed by atoms with E-state index in [4.69, 9.17) is 0 Å². The summed E-state index contributed by atoms with van der Waals surface area (Å²) in [4.78, 5) is 0. The minimum Gasteiger partial charge on any atom is -0.316 e. The van der Waals surface area contributed by atoms with Crippen molar-refractivity contribution >= 4 is 0 Å². The molecule has 1 atom stereocenters. The van der Waals surface area contributed by atoms with Gasteiger partial charge in [0.15, 0.2) is 0 Å². The lowest BCUT2D eigenvalue weighted by molar-refractivity contribution is 0.458. The van der Waals surface area contributed by atoms with Crippen molar-refractivity contribution in [1.29, 1.82) is 0 Å². The van der Waals surface area contributed by atoms with E-state index in [9.17, 15) is 0 Å². The minimum absolute atomic E-state index is 0.923. The van der Waals surface area contributed by atoms with Gasteiger partial charge in [-0.15, -0.1) is 0 Å². The summed E-state index contributed by atoms with van der Waals surface area (Å²) in [5, 5.41) is 3.51. The van der Waals surface area contributed by atoms with E-state index >= 15 is 0 Å². The molecule has 0 radical (unpaired) electrons. The number of nitrogens with one attached hydrogen (secondary N) is 1. The first-order valence-electron chi connectivity index (χ1n) is 5.05. The van der Waals surface area contributed by atoms with E-state index in [1.807, 2.05) is 0 Å². The van der Waals surface area contributed by atoms with E-state index in [1.54, 1.807) is 0 Å². The Morgan fingerprint density at radius 3 is 2.73 bits per heavy atom. The largest absolute Gasteiger partial charge is 0.316 e. The molecule has 66 valence electrons. The fourth-order valence-corrected chi connectivity index (χ4v) is 1.46. The van der Waals surface area contributed by atoms with E-state index in [-0.39, 0.29) is 0 Å². The highest BCUT2D eigenvalue weighted by molar-refractivity contribution is 4.79. The molecule has 0 heterocycles. The molecule has 0 aliphatic heterocycles. The number of rotatable bonds is 6. The molecule has 0 aromatic carbocycles. The minimum atomic E-state index is 0.923. The third kappa shape index (κ3) is 3.76. The van der Waals surface area contributed by atoms with Crippen LogP contribution in [0.1, 0.15) is 39.5 Å². The van der Waals surface area contributed by atoms with Crippen molar-refractivity contribution in [2.45, 2.75) is 39.5 Å². The van der Waals surface area contributed by atoms with Gasteiger partial charge in [-0.25, -0.2) is 0 Å². The van der Waals surface area contributed by atoms with Crippen LogP contribution in [-0.4, -0.2) is 13.1 Å². The van der Waals surface area contributed by atoms with Crippen molar-refractivity contribution in [2.24, 2.45) is 11.8 Å². The van der Waals surface area contributed by atoms with Gasteiger partial charge in [0.2, 0.25) is 0 Å². The quantitative estimate of drug-likeness (QED) is 0.581. The van der Waals surface area contributed by atoms with Crippen LogP contribution in [0.5, 0.6) is 0 Å². The molecule has 1 N–H and O–H groups in total. The summed E-state index contributed by atoms with van der Waals surface area (Å²) in [6.45, 7) is 7.07. The molecule has 11 heavy (non-hydrogen) atoms. The average Bonchev–Trinajstić information content (AvgIpc) is 2.79. The Morgan fingerprint density at radius 2 is 2.18 bits per heavy atom. The highest BCUT2D eigenvalue weighted by Gasteiger charge is 2.26. The number of hydrogen-bond donors (Lipinski definition) is 1. The van der Waals surface area contributed by atoms with Crippen LogP contribution >= 0.6 is 0 Å². The second-order valence-corrected chi connectivity index (χ2v) is 3.87. The summed E-state index contributed by atoms with van der Waals surface area (Å²) < 4.78 is 0. The summed E-state index contributed by atoms with van der Waals surface area (Å²) in [5.41, 5.74) is 0. The van der Waals surface area contributed by atoms with Crippen LogP contribution in [0.3, 0.4) is 0 Å². The standard InChI is InChI=1S/C10H21N/c1-3-4-7-11-8-9(2)10-5-6-10/h9-11H,3-8H2,1-2H3. The SMILES string of the molecule is CCCCNCC(C)C1CC1. The van der Waals surface area contributed by atoms with Gasteiger partial charge in [0, 0.05) is 0 Å². The molecule has 0 spiro atoms. The van der Waals surface area contributed by atoms with Crippen LogP contribution < -0.4 is 5.32 Å². The van der Waals surface area contributed by atoms with E-state index in [1.165, 1.54) is 38.8 Å². The van der Waals surface area contributed by atoms with Gasteiger partial charge in [-0.1, -0.05) is 20.3 Å². The van der Waals surface area contributed by atoms with E-state index < -0.39 is 0 Å². The van der Waals surface area contributed by atoms with Crippen molar-refractivity contribution in [2.75, 3.05) is 13.1 Å². The molecule has 0 amide bonds. The summed E-state index contributed by atoms with van der Waals surface area (Å²) in [6, 6.07) is 0. The van der Waals surface area contributed by atoms with Crippen molar-refractivity contribution in [3.63, 3.8) is 0 Å². The molecule has 1 aliphatic carbocycles. The number of unbranched alkanes of at least 4 members (excludes halogenated alkanes) is 1. The Hall–Kier alpha value is -0.0400. The first kappa shape index (κ1) is 9.05. The van der Waals surface area contributed by atoms with Crippen LogP contribution in [0.15, 0.2) is 0 Å². The third-order valence-electron chi connectivity index (χ3n) is 2.60. The van der Waals surface area contributed by atoms with Crippen LogP contribution in [0.25, 0.3) is 0 Å². The van der Waals surface area contributed by atoms with Crippen molar-refractivity contribution in [3.05, 3.63) is 0 Å². The zero-order chi connectivity index (χ0) is 8.10. The second-order valence-electron chi connectivity index (χ2n) is 3.87. The molecular formula is C10H21N. The highest BCUT2D eigenvalue weighted by atomic mass is 14.9. The van der Waals surface area contributed by atoms with E-state index in [0.29, 0.717) is 0 Å². The Morgan fingerprint density at radius 1 is 1.45 bits per heavy atom. The maximum atomic E-state index is 3.51. The molecule has 1 rings (SSSR count). The molecule has 0 aromatic heterocycles. The fourth-order valence-electron chi connectivity index (χ4n) is 1.46. The van der Waals surface area contributed by atoms with Crippen LogP contribution in [0.4, 0.5) is 0 Å². The molecule has 1 saturated carbocycles. The molecule has 0 bridgehead atoms. The lowest BCUT2D eigenvalue weighted by Gasteiger charge is -2.10. The highest BCUT2D eigenvalue weighted by Crippen LogP contribution is 2.35. The molecule has 0 aromatic rings. The van der Waals surface area contributed by atoms with Crippen LogP contribution in [0.2, 0.25) is 0 Å². The maximum absolute atomic E-state index is 3.51. The number of hydrogen-bond acceptors (Lipinski definition) is 1. The third-order valence-corrected chi connectivity index (χ3v) is 2.60. The summed E-state index contributed by atoms with van der Waals surface area (Å²) >= 11 is 0. The molecule has 0 saturated heterocycles. The zero-order valence-corrected chi connectivity index (χ0v) is 7.90. The Labute approximate surface area is 70.6 Å². The Kier molecular flexibility index (Phi) is 3.92. The molecule has 1 unspecified atom stereocenters. The molecule has 1 fully saturated rings. The van der Waals surface area contributed by atoms with Gasteiger partial charge in [0.25, 0.3) is 0 Å². The van der Waals surface area contributed by atoms with Gasteiger partial charge in [-0.3, -0.25) is 0 Å². The van der Waals surface area contributed by atoms with Gasteiger partial charge in [-0.05, 0) is 44.2 Å². The first-order chi connectivity index (χ1) is 5.34. The maximum Gasteiger partial charge on any atom is -0.00205 e. The lowest BCUT2D eigenvalue weighted by Crippen LogP contribution is -2.23. The van der Waals surface area contributed by atoms with Crippen molar-refractivity contribution < 1.29 is 0 Å². The monoisotopic (exact) mass is 155 g/mol. The van der Waals surface area contributed by atoms with Crippen LogP contribution in [-0.2, 0) is 0 Å². The first-order valence-corrected chi connectivity index (χ1v) is 5.05. The van der Waals surface area contributed by atoms with Gasteiger partial charge in [0.05, 0.1) is 0 Å². The van der Waals surface area contributed by atoms with Gasteiger partial charge in [-0.2, -0.15) is 0 Å². The van der Waals surface area contributed by atoms with Gasteiger partial charge in [0.1, 0.15) is 0 Å². The fraction of sp³-hybridized carbons (Fsp3) is 1.00. The average molecular weight is 155 g/mol. The zero-order valence-electron chi connectivity index (χ0n) is 7.90. The molecule has 1 nitrogen and oxygen atoms in total. The predicted octanol–water partition coefficient (Wildman–Crippen LogP) is 2.42. The van der Waals surface area contributed by atoms with Crippen molar-refractivity contribution in [1.82, 2.24) is 5.32 Å².